The van der Waals surface area contributed by atoms with E-state index in [1.54, 1.807) is 18.2 Å². The SMILES string of the molecule is CS(=O)(=O)c1ccc(Oc2cccc(C(N)=O)c2)c(N)c1. The molecule has 7 heteroatoms. The summed E-state index contributed by atoms with van der Waals surface area (Å²) in [6.45, 7) is 0. The Bertz CT molecular complexity index is 800. The first kappa shape index (κ1) is 14.9. The average molecular weight is 306 g/mol. The van der Waals surface area contributed by atoms with Crippen LogP contribution in [0, 0.1) is 0 Å². The fourth-order valence-corrected chi connectivity index (χ4v) is 2.35. The van der Waals surface area contributed by atoms with Gasteiger partial charge in [0.25, 0.3) is 0 Å². The topological polar surface area (TPSA) is 112 Å². The lowest BCUT2D eigenvalue weighted by atomic mass is 10.2. The van der Waals surface area contributed by atoms with Crippen molar-refractivity contribution in [3.8, 4) is 11.5 Å². The first-order valence-corrected chi connectivity index (χ1v) is 7.84. The third-order valence-corrected chi connectivity index (χ3v) is 3.87. The van der Waals surface area contributed by atoms with Crippen molar-refractivity contribution in [1.29, 1.82) is 0 Å². The van der Waals surface area contributed by atoms with Gasteiger partial charge >= 0.3 is 0 Å². The normalized spacial score (nSPS) is 11.1. The summed E-state index contributed by atoms with van der Waals surface area (Å²) in [6, 6.07) is 10.5. The van der Waals surface area contributed by atoms with E-state index in [1.807, 2.05) is 0 Å². The third-order valence-electron chi connectivity index (χ3n) is 2.76. The Morgan fingerprint density at radius 3 is 2.43 bits per heavy atom. The first-order chi connectivity index (χ1) is 9.77. The molecule has 21 heavy (non-hydrogen) atoms. The molecule has 2 rings (SSSR count). The number of rotatable bonds is 4. The number of primary amides is 1. The highest BCUT2D eigenvalue weighted by Crippen LogP contribution is 2.29. The minimum atomic E-state index is -3.33. The molecular formula is C14H14N2O4S. The summed E-state index contributed by atoms with van der Waals surface area (Å²) in [4.78, 5) is 11.2. The number of carbonyl (C=O) groups excluding carboxylic acids is 1. The predicted octanol–water partition coefficient (Wildman–Crippen LogP) is 1.56. The maximum absolute atomic E-state index is 11.4. The van der Waals surface area contributed by atoms with E-state index in [2.05, 4.69) is 0 Å². The quantitative estimate of drug-likeness (QED) is 0.832. The van der Waals surface area contributed by atoms with Crippen molar-refractivity contribution in [3.63, 3.8) is 0 Å². The Balaban J connectivity index is 2.32. The Morgan fingerprint density at radius 1 is 1.14 bits per heavy atom. The number of hydrogen-bond acceptors (Lipinski definition) is 5. The van der Waals surface area contributed by atoms with E-state index in [1.165, 1.54) is 24.3 Å². The summed E-state index contributed by atoms with van der Waals surface area (Å²) < 4.78 is 28.4. The van der Waals surface area contributed by atoms with Crippen LogP contribution in [-0.2, 0) is 9.84 Å². The molecule has 0 saturated heterocycles. The molecule has 110 valence electrons. The van der Waals surface area contributed by atoms with Crippen LogP contribution in [0.3, 0.4) is 0 Å². The van der Waals surface area contributed by atoms with Gasteiger partial charge in [-0.05, 0) is 36.4 Å². The number of nitrogens with two attached hydrogens (primary N) is 2. The van der Waals surface area contributed by atoms with Crippen molar-refractivity contribution in [2.75, 3.05) is 12.0 Å². The minimum Gasteiger partial charge on any atom is -0.455 e. The molecule has 2 aromatic carbocycles. The van der Waals surface area contributed by atoms with Crippen molar-refractivity contribution >= 4 is 21.4 Å². The van der Waals surface area contributed by atoms with Gasteiger partial charge < -0.3 is 16.2 Å². The predicted molar refractivity (Wildman–Crippen MR) is 79.0 cm³/mol. The highest BCUT2D eigenvalue weighted by molar-refractivity contribution is 7.90. The molecule has 0 aliphatic heterocycles. The number of anilines is 1. The van der Waals surface area contributed by atoms with E-state index >= 15 is 0 Å². The highest BCUT2D eigenvalue weighted by atomic mass is 32.2. The smallest absolute Gasteiger partial charge is 0.248 e. The van der Waals surface area contributed by atoms with E-state index < -0.39 is 15.7 Å². The molecule has 0 aliphatic carbocycles. The number of nitrogen functional groups attached to an aromatic ring is 1. The van der Waals surface area contributed by atoms with E-state index in [0.29, 0.717) is 17.1 Å². The van der Waals surface area contributed by atoms with Crippen molar-refractivity contribution in [2.24, 2.45) is 5.73 Å². The second kappa shape index (κ2) is 5.45. The number of carbonyl (C=O) groups is 1. The number of sulfone groups is 1. The minimum absolute atomic E-state index is 0.109. The van der Waals surface area contributed by atoms with Crippen LogP contribution in [0.4, 0.5) is 5.69 Å². The zero-order chi connectivity index (χ0) is 15.6. The van der Waals surface area contributed by atoms with Crippen LogP contribution in [0.5, 0.6) is 11.5 Å². The molecular weight excluding hydrogens is 292 g/mol. The van der Waals surface area contributed by atoms with Gasteiger partial charge in [-0.15, -0.1) is 0 Å². The maximum Gasteiger partial charge on any atom is 0.248 e. The fraction of sp³-hybridized carbons (Fsp3) is 0.0714. The van der Waals surface area contributed by atoms with Crippen LogP contribution >= 0.6 is 0 Å². The second-order valence-electron chi connectivity index (χ2n) is 4.47. The van der Waals surface area contributed by atoms with Crippen molar-refractivity contribution in [2.45, 2.75) is 4.90 Å². The van der Waals surface area contributed by atoms with Gasteiger partial charge in [-0.25, -0.2) is 8.42 Å². The molecule has 0 aromatic heterocycles. The third kappa shape index (κ3) is 3.51. The first-order valence-electron chi connectivity index (χ1n) is 5.94. The summed E-state index contributed by atoms with van der Waals surface area (Å²) >= 11 is 0. The molecule has 0 unspecified atom stereocenters. The molecule has 4 N–H and O–H groups in total. The van der Waals surface area contributed by atoms with Crippen LogP contribution in [0.15, 0.2) is 47.4 Å². The average Bonchev–Trinajstić information content (AvgIpc) is 2.40. The summed E-state index contributed by atoms with van der Waals surface area (Å²) in [5.74, 6) is 0.106. The van der Waals surface area contributed by atoms with Gasteiger partial charge in [0.2, 0.25) is 5.91 Å². The molecule has 0 spiro atoms. The van der Waals surface area contributed by atoms with Crippen molar-refractivity contribution < 1.29 is 17.9 Å². The van der Waals surface area contributed by atoms with Crippen LogP contribution in [0.25, 0.3) is 0 Å². The largest absolute Gasteiger partial charge is 0.455 e. The number of hydrogen-bond donors (Lipinski definition) is 2. The summed E-state index contributed by atoms with van der Waals surface area (Å²) in [6.07, 6.45) is 1.10. The van der Waals surface area contributed by atoms with Crippen LogP contribution in [0.1, 0.15) is 10.4 Å². The van der Waals surface area contributed by atoms with Crippen molar-refractivity contribution in [1.82, 2.24) is 0 Å². The summed E-state index contributed by atoms with van der Waals surface area (Å²) in [5.41, 5.74) is 11.5. The molecule has 0 aliphatic rings. The van der Waals surface area contributed by atoms with Crippen LogP contribution in [-0.4, -0.2) is 20.6 Å². The van der Waals surface area contributed by atoms with Crippen LogP contribution < -0.4 is 16.2 Å². The second-order valence-corrected chi connectivity index (χ2v) is 6.48. The highest BCUT2D eigenvalue weighted by Gasteiger charge is 2.11. The fourth-order valence-electron chi connectivity index (χ4n) is 1.69. The monoisotopic (exact) mass is 306 g/mol. The van der Waals surface area contributed by atoms with Gasteiger partial charge in [-0.1, -0.05) is 6.07 Å². The van der Waals surface area contributed by atoms with Gasteiger partial charge in [0.1, 0.15) is 11.5 Å². The molecule has 6 nitrogen and oxygen atoms in total. The van der Waals surface area contributed by atoms with E-state index in [9.17, 15) is 13.2 Å². The van der Waals surface area contributed by atoms with Gasteiger partial charge in [0.05, 0.1) is 10.6 Å². The lowest BCUT2D eigenvalue weighted by Gasteiger charge is -2.10. The zero-order valence-electron chi connectivity index (χ0n) is 11.2. The Labute approximate surface area is 122 Å². The molecule has 0 atom stereocenters. The Morgan fingerprint density at radius 2 is 1.86 bits per heavy atom. The number of amides is 1. The molecule has 0 radical (unpaired) electrons. The standard InChI is InChI=1S/C14H14N2O4S/c1-21(18,19)11-5-6-13(12(15)8-11)20-10-4-2-3-9(7-10)14(16)17/h2-8H,15H2,1H3,(H2,16,17). The lowest BCUT2D eigenvalue weighted by molar-refractivity contribution is 0.1000. The molecule has 0 bridgehead atoms. The zero-order valence-corrected chi connectivity index (χ0v) is 12.1. The maximum atomic E-state index is 11.4. The summed E-state index contributed by atoms with van der Waals surface area (Å²) in [5, 5.41) is 0. The van der Waals surface area contributed by atoms with Gasteiger partial charge in [-0.2, -0.15) is 0 Å². The molecule has 0 saturated carbocycles. The summed E-state index contributed by atoms with van der Waals surface area (Å²) in [7, 11) is -3.33. The van der Waals surface area contributed by atoms with Gasteiger partial charge in [-0.3, -0.25) is 4.79 Å². The van der Waals surface area contributed by atoms with Gasteiger partial charge in [0.15, 0.2) is 9.84 Å². The van der Waals surface area contributed by atoms with Gasteiger partial charge in [0, 0.05) is 11.8 Å². The number of benzene rings is 2. The lowest BCUT2D eigenvalue weighted by Crippen LogP contribution is -2.10. The molecule has 0 fully saturated rings. The molecule has 0 heterocycles. The van der Waals surface area contributed by atoms with E-state index in [0.717, 1.165) is 6.26 Å². The van der Waals surface area contributed by atoms with E-state index in [-0.39, 0.29) is 10.6 Å². The van der Waals surface area contributed by atoms with Crippen LogP contribution in [0.2, 0.25) is 0 Å². The molecule has 2 aromatic rings. The van der Waals surface area contributed by atoms with Crippen molar-refractivity contribution in [3.05, 3.63) is 48.0 Å². The Hall–Kier alpha value is -2.54. The Kier molecular flexibility index (Phi) is 3.86. The molecule has 1 amide bonds. The number of ether oxygens (including phenoxy) is 1. The van der Waals surface area contributed by atoms with E-state index in [4.69, 9.17) is 16.2 Å².